The van der Waals surface area contributed by atoms with Gasteiger partial charge in [-0.2, -0.15) is 5.26 Å². The van der Waals surface area contributed by atoms with Gasteiger partial charge in [-0.15, -0.1) is 0 Å². The molecule has 0 spiro atoms. The first kappa shape index (κ1) is 18.1. The molecule has 1 fully saturated rings. The third-order valence-corrected chi connectivity index (χ3v) is 3.63. The first-order valence-corrected chi connectivity index (χ1v) is 7.70. The van der Waals surface area contributed by atoms with Gasteiger partial charge in [-0.25, -0.2) is 0 Å². The highest BCUT2D eigenvalue weighted by molar-refractivity contribution is 5.97. The van der Waals surface area contributed by atoms with Crippen LogP contribution in [-0.4, -0.2) is 65.4 Å². The molecule has 0 atom stereocenters. The first-order chi connectivity index (χ1) is 12.0. The second-order valence-corrected chi connectivity index (χ2v) is 5.36. The Balaban J connectivity index is 1.87. The van der Waals surface area contributed by atoms with Crippen LogP contribution in [0.25, 0.3) is 0 Å². The van der Waals surface area contributed by atoms with Gasteiger partial charge in [0.2, 0.25) is 0 Å². The number of aliphatic carboxylic acids is 1. The molecule has 2 amide bonds. The van der Waals surface area contributed by atoms with E-state index in [0.29, 0.717) is 26.2 Å². The van der Waals surface area contributed by atoms with Crippen molar-refractivity contribution < 1.29 is 23.9 Å². The number of furan rings is 1. The third kappa shape index (κ3) is 5.10. The van der Waals surface area contributed by atoms with E-state index < -0.39 is 11.9 Å². The topological polar surface area (TPSA) is 127 Å². The van der Waals surface area contributed by atoms with Crippen LogP contribution < -0.4 is 5.32 Å². The summed E-state index contributed by atoms with van der Waals surface area (Å²) in [5, 5.41) is 20.0. The van der Waals surface area contributed by atoms with Crippen LogP contribution in [0.5, 0.6) is 0 Å². The van der Waals surface area contributed by atoms with Gasteiger partial charge in [0.05, 0.1) is 12.7 Å². The molecule has 2 N–H and O–H groups in total. The lowest BCUT2D eigenvalue weighted by Gasteiger charge is -2.33. The van der Waals surface area contributed by atoms with E-state index in [2.05, 4.69) is 5.32 Å². The van der Waals surface area contributed by atoms with Crippen LogP contribution in [-0.2, 0) is 9.59 Å². The Morgan fingerprint density at radius 1 is 1.32 bits per heavy atom. The van der Waals surface area contributed by atoms with Gasteiger partial charge in [-0.05, 0) is 12.1 Å². The van der Waals surface area contributed by atoms with Gasteiger partial charge in [0.1, 0.15) is 11.6 Å². The molecule has 132 valence electrons. The van der Waals surface area contributed by atoms with Crippen molar-refractivity contribution in [2.45, 2.75) is 6.42 Å². The zero-order valence-corrected chi connectivity index (χ0v) is 13.5. The SMILES string of the molecule is N#C/C(=C/N1CCN(C(=O)c2ccco2)CC1)C(=O)NCCC(=O)O. The molecular weight excluding hydrogens is 328 g/mol. The fourth-order valence-corrected chi connectivity index (χ4v) is 2.31. The van der Waals surface area contributed by atoms with Crippen LogP contribution >= 0.6 is 0 Å². The number of carboxylic acids is 1. The summed E-state index contributed by atoms with van der Waals surface area (Å²) in [6, 6.07) is 5.06. The van der Waals surface area contributed by atoms with Crippen LogP contribution in [0.1, 0.15) is 17.0 Å². The number of rotatable bonds is 6. The summed E-state index contributed by atoms with van der Waals surface area (Å²) in [5.74, 6) is -1.56. The Morgan fingerprint density at radius 3 is 2.60 bits per heavy atom. The van der Waals surface area contributed by atoms with E-state index in [-0.39, 0.29) is 30.2 Å². The molecule has 0 aliphatic carbocycles. The van der Waals surface area contributed by atoms with Gasteiger partial charge in [-0.3, -0.25) is 14.4 Å². The second-order valence-electron chi connectivity index (χ2n) is 5.36. The zero-order chi connectivity index (χ0) is 18.2. The van der Waals surface area contributed by atoms with Crippen molar-refractivity contribution in [1.29, 1.82) is 5.26 Å². The molecule has 1 aliphatic heterocycles. The molecule has 1 aliphatic rings. The maximum Gasteiger partial charge on any atom is 0.305 e. The summed E-state index contributed by atoms with van der Waals surface area (Å²) in [5.41, 5.74) is -0.101. The molecule has 1 aromatic rings. The van der Waals surface area contributed by atoms with Crippen molar-refractivity contribution in [3.63, 3.8) is 0 Å². The van der Waals surface area contributed by atoms with Crippen LogP contribution in [0.15, 0.2) is 34.6 Å². The van der Waals surface area contributed by atoms with Crippen molar-refractivity contribution in [2.24, 2.45) is 0 Å². The molecule has 1 aromatic heterocycles. The zero-order valence-electron chi connectivity index (χ0n) is 13.5. The van der Waals surface area contributed by atoms with Crippen molar-refractivity contribution in [3.05, 3.63) is 35.9 Å². The molecule has 25 heavy (non-hydrogen) atoms. The van der Waals surface area contributed by atoms with Crippen molar-refractivity contribution in [3.8, 4) is 6.07 Å². The molecule has 9 nitrogen and oxygen atoms in total. The van der Waals surface area contributed by atoms with Crippen LogP contribution in [0.2, 0.25) is 0 Å². The van der Waals surface area contributed by atoms with Gasteiger partial charge in [0.15, 0.2) is 5.76 Å². The van der Waals surface area contributed by atoms with E-state index in [1.807, 2.05) is 6.07 Å². The highest BCUT2D eigenvalue weighted by atomic mass is 16.4. The lowest BCUT2D eigenvalue weighted by Crippen LogP contribution is -2.47. The van der Waals surface area contributed by atoms with Gasteiger partial charge in [0.25, 0.3) is 11.8 Å². The Kier molecular flexibility index (Phi) is 6.17. The highest BCUT2D eigenvalue weighted by Crippen LogP contribution is 2.10. The monoisotopic (exact) mass is 346 g/mol. The summed E-state index contributed by atoms with van der Waals surface area (Å²) in [6.07, 6.45) is 2.66. The standard InChI is InChI=1S/C16H18N4O5/c17-10-12(15(23)18-4-3-14(21)22)11-19-5-7-20(8-6-19)16(24)13-2-1-9-25-13/h1-2,9,11H,3-8H2,(H,18,23)(H,21,22)/b12-11-. The Morgan fingerprint density at radius 2 is 2.04 bits per heavy atom. The molecule has 9 heteroatoms. The van der Waals surface area contributed by atoms with E-state index in [4.69, 9.17) is 14.8 Å². The fraction of sp³-hybridized carbons (Fsp3) is 0.375. The lowest BCUT2D eigenvalue weighted by atomic mass is 10.2. The summed E-state index contributed by atoms with van der Waals surface area (Å²) < 4.78 is 5.09. The largest absolute Gasteiger partial charge is 0.481 e. The molecule has 0 radical (unpaired) electrons. The van der Waals surface area contributed by atoms with Crippen LogP contribution in [0.3, 0.4) is 0 Å². The number of hydrogen-bond donors (Lipinski definition) is 2. The van der Waals surface area contributed by atoms with E-state index in [1.165, 1.54) is 12.5 Å². The van der Waals surface area contributed by atoms with E-state index in [0.717, 1.165) is 0 Å². The van der Waals surface area contributed by atoms with Crippen LogP contribution in [0, 0.1) is 11.3 Å². The predicted octanol–water partition coefficient (Wildman–Crippen LogP) is 0.0358. The quantitative estimate of drug-likeness (QED) is 0.550. The predicted molar refractivity (Wildman–Crippen MR) is 85.1 cm³/mol. The number of piperazine rings is 1. The number of carboxylic acid groups (broad SMARTS) is 1. The van der Waals surface area contributed by atoms with Crippen molar-refractivity contribution in [1.82, 2.24) is 15.1 Å². The number of nitrogens with one attached hydrogen (secondary N) is 1. The normalized spacial score (nSPS) is 14.8. The summed E-state index contributed by atoms with van der Waals surface area (Å²) >= 11 is 0. The molecule has 2 heterocycles. The molecular formula is C16H18N4O5. The van der Waals surface area contributed by atoms with Crippen LogP contribution in [0.4, 0.5) is 0 Å². The number of carbonyl (C=O) groups is 3. The summed E-state index contributed by atoms with van der Waals surface area (Å²) in [7, 11) is 0. The van der Waals surface area contributed by atoms with E-state index >= 15 is 0 Å². The Labute approximate surface area is 144 Å². The molecule has 0 saturated carbocycles. The first-order valence-electron chi connectivity index (χ1n) is 7.70. The molecule has 0 bridgehead atoms. The molecule has 1 saturated heterocycles. The fourth-order valence-electron chi connectivity index (χ4n) is 2.31. The highest BCUT2D eigenvalue weighted by Gasteiger charge is 2.23. The van der Waals surface area contributed by atoms with Gasteiger partial charge in [0, 0.05) is 38.9 Å². The maximum absolute atomic E-state index is 12.2. The summed E-state index contributed by atoms with van der Waals surface area (Å²) in [4.78, 5) is 37.9. The second kappa shape index (κ2) is 8.54. The van der Waals surface area contributed by atoms with E-state index in [9.17, 15) is 14.4 Å². The maximum atomic E-state index is 12.2. The van der Waals surface area contributed by atoms with Gasteiger partial charge in [-0.1, -0.05) is 0 Å². The number of amides is 2. The number of nitriles is 1. The molecule has 0 unspecified atom stereocenters. The van der Waals surface area contributed by atoms with Crippen molar-refractivity contribution in [2.75, 3.05) is 32.7 Å². The average molecular weight is 346 g/mol. The smallest absolute Gasteiger partial charge is 0.305 e. The Bertz CT molecular complexity index is 697. The van der Waals surface area contributed by atoms with E-state index in [1.54, 1.807) is 21.9 Å². The lowest BCUT2D eigenvalue weighted by molar-refractivity contribution is -0.136. The molecule has 0 aromatic carbocycles. The Hall–Kier alpha value is -3.28. The molecule has 2 rings (SSSR count). The number of nitrogens with zero attached hydrogens (tertiary/aromatic N) is 3. The number of hydrogen-bond acceptors (Lipinski definition) is 6. The summed E-state index contributed by atoms with van der Waals surface area (Å²) in [6.45, 7) is 1.78. The third-order valence-electron chi connectivity index (χ3n) is 3.63. The minimum atomic E-state index is -1.03. The van der Waals surface area contributed by atoms with Gasteiger partial charge >= 0.3 is 5.97 Å². The average Bonchev–Trinajstić information content (AvgIpc) is 3.13. The minimum Gasteiger partial charge on any atom is -0.481 e. The van der Waals surface area contributed by atoms with Gasteiger partial charge < -0.3 is 24.6 Å². The van der Waals surface area contributed by atoms with Crippen molar-refractivity contribution >= 4 is 17.8 Å². The minimum absolute atomic E-state index is 0.0430. The number of carbonyl (C=O) groups excluding carboxylic acids is 2.